The Morgan fingerprint density at radius 3 is 2.66 bits per heavy atom. The van der Waals surface area contributed by atoms with Crippen LogP contribution in [0.1, 0.15) is 28.4 Å². The number of carbonyl (C=O) groups excluding carboxylic acids is 1. The zero-order valence-corrected chi connectivity index (χ0v) is 18.7. The first-order chi connectivity index (χ1) is 15.2. The van der Waals surface area contributed by atoms with Crippen LogP contribution in [0.15, 0.2) is 35.5 Å². The van der Waals surface area contributed by atoms with Crippen molar-refractivity contribution >= 4 is 40.4 Å². The molecule has 0 fully saturated rings. The molecule has 0 aliphatic heterocycles. The first-order valence-corrected chi connectivity index (χ1v) is 10.9. The van der Waals surface area contributed by atoms with Gasteiger partial charge in [0.05, 0.1) is 40.4 Å². The molecule has 3 aromatic rings. The Labute approximate surface area is 190 Å². The Kier molecular flexibility index (Phi) is 7.68. The molecule has 0 atom stereocenters. The molecule has 1 heterocycles. The summed E-state index contributed by atoms with van der Waals surface area (Å²) in [6.07, 6.45) is -4.65. The van der Waals surface area contributed by atoms with E-state index in [9.17, 15) is 22.4 Å². The zero-order chi connectivity index (χ0) is 23.5. The highest BCUT2D eigenvalue weighted by molar-refractivity contribution is 7.98. The van der Waals surface area contributed by atoms with Crippen LogP contribution in [0.4, 0.5) is 17.6 Å². The summed E-state index contributed by atoms with van der Waals surface area (Å²) in [4.78, 5) is 16.5. The summed E-state index contributed by atoms with van der Waals surface area (Å²) >= 11 is 6.74. The average molecular weight is 491 g/mol. The van der Waals surface area contributed by atoms with Gasteiger partial charge in [0.25, 0.3) is 0 Å². The summed E-state index contributed by atoms with van der Waals surface area (Å²) in [6.45, 7) is 2.68. The lowest BCUT2D eigenvalue weighted by atomic mass is 10.1. The van der Waals surface area contributed by atoms with Gasteiger partial charge in [0.2, 0.25) is 0 Å². The number of rotatable bonds is 8. The first kappa shape index (κ1) is 24.3. The van der Waals surface area contributed by atoms with Crippen LogP contribution in [-0.2, 0) is 27.9 Å². The highest BCUT2D eigenvalue weighted by Crippen LogP contribution is 2.36. The van der Waals surface area contributed by atoms with Gasteiger partial charge in [0, 0.05) is 25.0 Å². The fourth-order valence-electron chi connectivity index (χ4n) is 3.01. The van der Waals surface area contributed by atoms with E-state index >= 15 is 0 Å². The number of hydrogen-bond donors (Lipinski definition) is 0. The molecule has 11 heteroatoms. The van der Waals surface area contributed by atoms with Crippen LogP contribution in [-0.4, -0.2) is 35.8 Å². The number of esters is 1. The summed E-state index contributed by atoms with van der Waals surface area (Å²) in [5.74, 6) is -1.52. The number of methoxy groups -OCH3 is 1. The number of thioether (sulfide) groups is 1. The molecule has 0 amide bonds. The van der Waals surface area contributed by atoms with Crippen molar-refractivity contribution in [3.63, 3.8) is 0 Å². The van der Waals surface area contributed by atoms with Gasteiger partial charge < -0.3 is 14.0 Å². The number of ether oxygens (including phenoxy) is 2. The SMILES string of the molecule is CCOC(=O)c1ccc2c(c1)nc(SCc1cc(C(F)(F)F)cc(Cl)c1F)n2CCOC. The van der Waals surface area contributed by atoms with Crippen molar-refractivity contribution in [2.24, 2.45) is 0 Å². The summed E-state index contributed by atoms with van der Waals surface area (Å²) in [7, 11) is 1.53. The van der Waals surface area contributed by atoms with Gasteiger partial charge in [0.1, 0.15) is 5.82 Å². The topological polar surface area (TPSA) is 53.3 Å². The maximum absolute atomic E-state index is 14.4. The number of hydrogen-bond acceptors (Lipinski definition) is 5. The second-order valence-corrected chi connectivity index (χ2v) is 8.03. The average Bonchev–Trinajstić information content (AvgIpc) is 3.09. The summed E-state index contributed by atoms with van der Waals surface area (Å²) in [5, 5.41) is -0.159. The number of alkyl halides is 3. The van der Waals surface area contributed by atoms with Gasteiger partial charge in [-0.15, -0.1) is 0 Å². The van der Waals surface area contributed by atoms with Gasteiger partial charge in [-0.1, -0.05) is 23.4 Å². The van der Waals surface area contributed by atoms with Crippen molar-refractivity contribution < 1.29 is 31.8 Å². The summed E-state index contributed by atoms with van der Waals surface area (Å²) < 4.78 is 65.6. The van der Waals surface area contributed by atoms with E-state index in [4.69, 9.17) is 21.1 Å². The minimum Gasteiger partial charge on any atom is -0.462 e. The molecule has 0 saturated carbocycles. The predicted molar refractivity (Wildman–Crippen MR) is 114 cm³/mol. The number of halogens is 5. The largest absolute Gasteiger partial charge is 0.462 e. The van der Waals surface area contributed by atoms with E-state index in [1.54, 1.807) is 29.7 Å². The van der Waals surface area contributed by atoms with E-state index in [1.165, 1.54) is 7.11 Å². The monoisotopic (exact) mass is 490 g/mol. The third-order valence-electron chi connectivity index (χ3n) is 4.53. The molecule has 0 saturated heterocycles. The zero-order valence-electron chi connectivity index (χ0n) is 17.1. The van der Waals surface area contributed by atoms with Crippen LogP contribution in [0.2, 0.25) is 5.02 Å². The van der Waals surface area contributed by atoms with Gasteiger partial charge >= 0.3 is 12.1 Å². The van der Waals surface area contributed by atoms with E-state index in [0.717, 1.165) is 17.8 Å². The molecular weight excluding hydrogens is 472 g/mol. The Balaban J connectivity index is 1.95. The predicted octanol–water partition coefficient (Wildman–Crippen LogP) is 5.96. The Morgan fingerprint density at radius 2 is 2.00 bits per heavy atom. The lowest BCUT2D eigenvalue weighted by molar-refractivity contribution is -0.137. The Hall–Kier alpha value is -2.30. The van der Waals surface area contributed by atoms with Gasteiger partial charge in [-0.25, -0.2) is 14.2 Å². The number of fused-ring (bicyclic) bond motifs is 1. The van der Waals surface area contributed by atoms with Crippen LogP contribution >= 0.6 is 23.4 Å². The number of imidazole rings is 1. The van der Waals surface area contributed by atoms with Gasteiger partial charge in [-0.05, 0) is 37.3 Å². The fraction of sp³-hybridized carbons (Fsp3) is 0.333. The maximum Gasteiger partial charge on any atom is 0.416 e. The third-order valence-corrected chi connectivity index (χ3v) is 5.83. The lowest BCUT2D eigenvalue weighted by Gasteiger charge is -2.12. The minimum atomic E-state index is -4.65. The van der Waals surface area contributed by atoms with Gasteiger partial charge in [-0.2, -0.15) is 13.2 Å². The molecule has 32 heavy (non-hydrogen) atoms. The molecule has 5 nitrogen and oxygen atoms in total. The molecule has 1 aromatic heterocycles. The lowest BCUT2D eigenvalue weighted by Crippen LogP contribution is -2.08. The van der Waals surface area contributed by atoms with Crippen LogP contribution in [0, 0.1) is 5.82 Å². The Morgan fingerprint density at radius 1 is 1.25 bits per heavy atom. The molecule has 0 aliphatic rings. The summed E-state index contributed by atoms with van der Waals surface area (Å²) in [5.41, 5.74) is 0.304. The van der Waals surface area contributed by atoms with Gasteiger partial charge in [0.15, 0.2) is 5.16 Å². The highest BCUT2D eigenvalue weighted by Gasteiger charge is 2.32. The van der Waals surface area contributed by atoms with Crippen molar-refractivity contribution in [1.29, 1.82) is 0 Å². The van der Waals surface area contributed by atoms with Crippen molar-refractivity contribution in [3.8, 4) is 0 Å². The van der Waals surface area contributed by atoms with E-state index < -0.39 is 28.5 Å². The molecule has 0 spiro atoms. The number of benzene rings is 2. The van der Waals surface area contributed by atoms with E-state index in [0.29, 0.717) is 41.0 Å². The van der Waals surface area contributed by atoms with Crippen molar-refractivity contribution in [2.45, 2.75) is 30.6 Å². The fourth-order valence-corrected chi connectivity index (χ4v) is 4.26. The smallest absolute Gasteiger partial charge is 0.416 e. The number of carbonyl (C=O) groups is 1. The minimum absolute atomic E-state index is 0.128. The first-order valence-electron chi connectivity index (χ1n) is 9.50. The van der Waals surface area contributed by atoms with E-state index in [-0.39, 0.29) is 17.9 Å². The number of aromatic nitrogens is 2. The van der Waals surface area contributed by atoms with Crippen LogP contribution in [0.3, 0.4) is 0 Å². The maximum atomic E-state index is 14.4. The molecule has 0 aliphatic carbocycles. The van der Waals surface area contributed by atoms with E-state index in [1.807, 2.05) is 0 Å². The van der Waals surface area contributed by atoms with Crippen LogP contribution < -0.4 is 0 Å². The molecule has 0 unspecified atom stereocenters. The van der Waals surface area contributed by atoms with E-state index in [2.05, 4.69) is 4.98 Å². The quantitative estimate of drug-likeness (QED) is 0.221. The summed E-state index contributed by atoms with van der Waals surface area (Å²) in [6, 6.07) is 6.19. The highest BCUT2D eigenvalue weighted by atomic mass is 35.5. The standard InChI is InChI=1S/C21H19ClF4N2O3S/c1-3-31-19(29)12-4-5-17-16(9-12)27-20(28(17)6-7-30-2)32-11-13-8-14(21(24,25)26)10-15(22)18(13)23/h4-5,8-10H,3,6-7,11H2,1-2H3. The second-order valence-electron chi connectivity index (χ2n) is 6.68. The molecule has 0 bridgehead atoms. The van der Waals surface area contributed by atoms with Crippen LogP contribution in [0.5, 0.6) is 0 Å². The normalized spacial score (nSPS) is 11.8. The van der Waals surface area contributed by atoms with Gasteiger partial charge in [-0.3, -0.25) is 0 Å². The Bertz CT molecular complexity index is 1130. The molecule has 172 valence electrons. The molecule has 3 rings (SSSR count). The van der Waals surface area contributed by atoms with Crippen molar-refractivity contribution in [1.82, 2.24) is 9.55 Å². The molecular formula is C21H19ClF4N2O3S. The third kappa shape index (κ3) is 5.36. The number of nitrogens with zero attached hydrogens (tertiary/aromatic N) is 2. The van der Waals surface area contributed by atoms with Crippen molar-refractivity contribution in [2.75, 3.05) is 20.3 Å². The van der Waals surface area contributed by atoms with Crippen molar-refractivity contribution in [3.05, 3.63) is 57.9 Å². The molecule has 0 N–H and O–H groups in total. The molecule has 2 aromatic carbocycles. The molecule has 0 radical (unpaired) electrons. The second kappa shape index (κ2) is 10.1. The van der Waals surface area contributed by atoms with Crippen LogP contribution in [0.25, 0.3) is 11.0 Å².